The highest BCUT2D eigenvalue weighted by atomic mass is 32.2. The van der Waals surface area contributed by atoms with Crippen molar-refractivity contribution in [2.24, 2.45) is 0 Å². The van der Waals surface area contributed by atoms with E-state index in [2.05, 4.69) is 4.90 Å². The number of sulfone groups is 1. The van der Waals surface area contributed by atoms with Crippen molar-refractivity contribution in [1.82, 2.24) is 4.90 Å². The molecule has 1 saturated carbocycles. The van der Waals surface area contributed by atoms with Crippen LogP contribution in [-0.4, -0.2) is 57.2 Å². The highest BCUT2D eigenvalue weighted by Crippen LogP contribution is 2.19. The van der Waals surface area contributed by atoms with Crippen LogP contribution in [0.1, 0.15) is 44.9 Å². The lowest BCUT2D eigenvalue weighted by atomic mass is 10.1. The largest absolute Gasteiger partial charge is 0.377 e. The zero-order chi connectivity index (χ0) is 13.6. The van der Waals surface area contributed by atoms with Gasteiger partial charge in [0.05, 0.1) is 24.2 Å². The molecule has 0 bridgehead atoms. The fraction of sp³-hybridized carbons (Fsp3) is 1.00. The zero-order valence-corrected chi connectivity index (χ0v) is 12.7. The Kier molecular flexibility index (Phi) is 6.10. The number of hydrogen-bond acceptors (Lipinski definition) is 4. The van der Waals surface area contributed by atoms with Gasteiger partial charge in [0.15, 0.2) is 9.84 Å². The van der Waals surface area contributed by atoms with Crippen molar-refractivity contribution in [3.8, 4) is 0 Å². The van der Waals surface area contributed by atoms with E-state index in [9.17, 15) is 8.42 Å². The van der Waals surface area contributed by atoms with Crippen LogP contribution in [-0.2, 0) is 14.6 Å². The molecule has 2 aliphatic rings. The van der Waals surface area contributed by atoms with Gasteiger partial charge in [-0.15, -0.1) is 0 Å². The van der Waals surface area contributed by atoms with Gasteiger partial charge < -0.3 is 9.64 Å². The summed E-state index contributed by atoms with van der Waals surface area (Å²) in [6.45, 7) is 3.21. The quantitative estimate of drug-likeness (QED) is 0.741. The monoisotopic (exact) mass is 289 g/mol. The molecule has 0 aromatic rings. The van der Waals surface area contributed by atoms with E-state index in [-0.39, 0.29) is 0 Å². The fourth-order valence-electron chi connectivity index (χ4n) is 2.97. The average Bonchev–Trinajstić information content (AvgIpc) is 2.71. The topological polar surface area (TPSA) is 46.6 Å². The molecule has 0 N–H and O–H groups in total. The van der Waals surface area contributed by atoms with Gasteiger partial charge in [0.1, 0.15) is 0 Å². The summed E-state index contributed by atoms with van der Waals surface area (Å²) >= 11 is 0. The van der Waals surface area contributed by atoms with Gasteiger partial charge in [-0.3, -0.25) is 0 Å². The van der Waals surface area contributed by atoms with Crippen molar-refractivity contribution < 1.29 is 13.2 Å². The molecule has 0 spiro atoms. The molecule has 1 aliphatic carbocycles. The van der Waals surface area contributed by atoms with Crippen molar-refractivity contribution in [3.63, 3.8) is 0 Å². The Labute approximate surface area is 117 Å². The van der Waals surface area contributed by atoms with E-state index in [4.69, 9.17) is 4.74 Å². The van der Waals surface area contributed by atoms with E-state index in [0.29, 0.717) is 24.2 Å². The third kappa shape index (κ3) is 5.79. The van der Waals surface area contributed by atoms with Crippen LogP contribution in [0, 0.1) is 0 Å². The lowest BCUT2D eigenvalue weighted by molar-refractivity contribution is 0.0299. The van der Waals surface area contributed by atoms with E-state index in [1.807, 2.05) is 0 Å². The van der Waals surface area contributed by atoms with Gasteiger partial charge in [0.2, 0.25) is 0 Å². The van der Waals surface area contributed by atoms with E-state index in [1.165, 1.54) is 38.5 Å². The van der Waals surface area contributed by atoms with E-state index >= 15 is 0 Å². The Morgan fingerprint density at radius 2 is 1.68 bits per heavy atom. The second kappa shape index (κ2) is 7.60. The summed E-state index contributed by atoms with van der Waals surface area (Å²) in [4.78, 5) is 2.24. The number of nitrogens with zero attached hydrogens (tertiary/aromatic N) is 1. The Bertz CT molecular complexity index is 348. The van der Waals surface area contributed by atoms with Gasteiger partial charge in [0, 0.05) is 13.1 Å². The highest BCUT2D eigenvalue weighted by molar-refractivity contribution is 7.91. The van der Waals surface area contributed by atoms with Crippen LogP contribution in [0.3, 0.4) is 0 Å². The number of ether oxygens (including phenoxy) is 1. The second-order valence-corrected chi connectivity index (χ2v) is 8.14. The van der Waals surface area contributed by atoms with Crippen molar-refractivity contribution >= 4 is 9.84 Å². The molecule has 1 heterocycles. The molecule has 2 fully saturated rings. The molecule has 112 valence electrons. The lowest BCUT2D eigenvalue weighted by Gasteiger charge is -2.21. The molecule has 4 nitrogen and oxygen atoms in total. The Balaban J connectivity index is 1.64. The van der Waals surface area contributed by atoms with E-state index in [1.54, 1.807) is 0 Å². The highest BCUT2D eigenvalue weighted by Gasteiger charge is 2.19. The van der Waals surface area contributed by atoms with Crippen LogP contribution < -0.4 is 0 Å². The third-order valence-corrected chi connectivity index (χ3v) is 5.93. The minimum Gasteiger partial charge on any atom is -0.377 e. The first kappa shape index (κ1) is 15.3. The van der Waals surface area contributed by atoms with Gasteiger partial charge in [-0.2, -0.15) is 0 Å². The van der Waals surface area contributed by atoms with Crippen LogP contribution in [0.25, 0.3) is 0 Å². The molecule has 0 unspecified atom stereocenters. The summed E-state index contributed by atoms with van der Waals surface area (Å²) in [5.41, 5.74) is 0. The van der Waals surface area contributed by atoms with Crippen LogP contribution in [0.15, 0.2) is 0 Å². The summed E-state index contributed by atoms with van der Waals surface area (Å²) < 4.78 is 29.0. The zero-order valence-electron chi connectivity index (χ0n) is 11.8. The molecule has 0 aromatic carbocycles. The summed E-state index contributed by atoms with van der Waals surface area (Å²) in [6.07, 6.45) is 8.92. The second-order valence-electron chi connectivity index (χ2n) is 5.83. The van der Waals surface area contributed by atoms with Crippen LogP contribution in [0.2, 0.25) is 0 Å². The van der Waals surface area contributed by atoms with Crippen molar-refractivity contribution in [1.29, 1.82) is 0 Å². The fourth-order valence-corrected chi connectivity index (χ4v) is 4.28. The first-order valence-corrected chi connectivity index (χ1v) is 9.52. The molecule has 0 atom stereocenters. The van der Waals surface area contributed by atoms with E-state index in [0.717, 1.165) is 26.1 Å². The van der Waals surface area contributed by atoms with Gasteiger partial charge >= 0.3 is 0 Å². The Morgan fingerprint density at radius 3 is 2.42 bits per heavy atom. The first-order chi connectivity index (χ1) is 9.16. The maximum absolute atomic E-state index is 11.5. The minimum absolute atomic E-state index is 0.316. The van der Waals surface area contributed by atoms with Crippen molar-refractivity contribution in [2.45, 2.75) is 51.0 Å². The first-order valence-electron chi connectivity index (χ1n) is 7.70. The summed E-state index contributed by atoms with van der Waals surface area (Å²) in [5.74, 6) is 0.670. The summed E-state index contributed by atoms with van der Waals surface area (Å²) in [5, 5.41) is 0. The molecule has 0 radical (unpaired) electrons. The summed E-state index contributed by atoms with van der Waals surface area (Å²) in [6, 6.07) is 0. The Morgan fingerprint density at radius 1 is 0.947 bits per heavy atom. The molecule has 5 heteroatoms. The lowest BCUT2D eigenvalue weighted by Crippen LogP contribution is -2.31. The van der Waals surface area contributed by atoms with E-state index < -0.39 is 9.84 Å². The minimum atomic E-state index is -2.78. The van der Waals surface area contributed by atoms with Crippen LogP contribution in [0.4, 0.5) is 0 Å². The SMILES string of the molecule is O=S1(=O)CCCN(CCOC2CCCCCC2)CC1. The van der Waals surface area contributed by atoms with Crippen LogP contribution >= 0.6 is 0 Å². The standard InChI is InChI=1S/C14H27NO3S/c16-19(17)12-5-8-15(10-13-19)9-11-18-14-6-3-1-2-4-7-14/h14H,1-13H2. The molecular formula is C14H27NO3S. The molecule has 19 heavy (non-hydrogen) atoms. The maximum atomic E-state index is 11.5. The molecule has 1 aliphatic heterocycles. The molecular weight excluding hydrogens is 262 g/mol. The third-order valence-electron chi connectivity index (χ3n) is 4.21. The molecule has 0 aromatic heterocycles. The van der Waals surface area contributed by atoms with Gasteiger partial charge in [-0.1, -0.05) is 25.7 Å². The van der Waals surface area contributed by atoms with Crippen molar-refractivity contribution in [3.05, 3.63) is 0 Å². The normalized spacial score (nSPS) is 26.7. The maximum Gasteiger partial charge on any atom is 0.151 e. The summed E-state index contributed by atoms with van der Waals surface area (Å²) in [7, 11) is -2.78. The number of hydrogen-bond donors (Lipinski definition) is 0. The Hall–Kier alpha value is -0.130. The molecule has 0 amide bonds. The molecule has 1 saturated heterocycles. The van der Waals surface area contributed by atoms with Crippen molar-refractivity contribution in [2.75, 3.05) is 37.7 Å². The van der Waals surface area contributed by atoms with Crippen LogP contribution in [0.5, 0.6) is 0 Å². The molecule has 2 rings (SSSR count). The predicted octanol–water partition coefficient (Wildman–Crippen LogP) is 1.85. The average molecular weight is 289 g/mol. The predicted molar refractivity (Wildman–Crippen MR) is 77.2 cm³/mol. The van der Waals surface area contributed by atoms with Gasteiger partial charge in [0.25, 0.3) is 0 Å². The number of rotatable bonds is 4. The van der Waals surface area contributed by atoms with Gasteiger partial charge in [-0.05, 0) is 25.8 Å². The van der Waals surface area contributed by atoms with Gasteiger partial charge in [-0.25, -0.2) is 8.42 Å². The smallest absolute Gasteiger partial charge is 0.151 e.